The fraction of sp³-hybridized carbons (Fsp3) is 0.679. The number of carbonyl (C=O) groups excluding carboxylic acids is 5. The molecule has 22 nitrogen and oxygen atoms in total. The summed E-state index contributed by atoms with van der Waals surface area (Å²) in [6.45, 7) is 22.1. The number of carboxylic acids is 1. The molecule has 452 valence electrons. The van der Waals surface area contributed by atoms with Crippen molar-refractivity contribution in [2.75, 3.05) is 121 Å². The standard InChI is InChI=1S/C17H27NO4.C16H26N2O4.C12H25N3O3.C8H15NO3.C2H6.CH5N/c1-2-15-5-7-17(8-6-15)22-14-16(19)4-3-10-20-12-13-21-11-9-18;1-2-14-3-5-15(6-4-14)22-13-16(19)18-8-10-21-12-11-20-9-7-17;1-8(2)7-10(14-3)12(17)18-6-5-9(13)11(16)15-4;1-5(2)4-6(9-3)7(10)8(11)12;2*1-2/h5-8H,2-4,9-14,18H2,1H3;3-6H,2,7-13,17H2,1H3,(H,18,19);8-10,14H,5-7,13H2,1-4H3,(H,15,16);5-6,9H,4H2,1-3H3,(H,11,12);1-2H3;2H2,1H3/t;;9-,10-;6-;;/m..00../s1. The van der Waals surface area contributed by atoms with E-state index in [9.17, 15) is 28.8 Å². The SMILES string of the molecule is CC.CCc1ccc(OCC(=O)CCCOCCOCCN)cc1.CCc1ccc(OCC(=O)NCCOCCOCCN)cc1.CN.CNC(=O)[C@@H](N)CCOC(=O)[C@H](CC(C)C)NC.CN[C@@H](CC(C)C)C(=O)C(=O)O. The van der Waals surface area contributed by atoms with Gasteiger partial charge in [0.05, 0.1) is 64.9 Å². The van der Waals surface area contributed by atoms with Crippen molar-refractivity contribution in [3.63, 3.8) is 0 Å². The minimum atomic E-state index is -1.37. The minimum absolute atomic E-state index is 0.00504. The number of benzene rings is 2. The number of aliphatic carboxylic acids is 1. The largest absolute Gasteiger partial charge is 0.486 e. The first kappa shape index (κ1) is 79.3. The number of carbonyl (C=O) groups is 6. The highest BCUT2D eigenvalue weighted by Gasteiger charge is 2.24. The molecule has 0 aliphatic carbocycles. The van der Waals surface area contributed by atoms with E-state index in [0.717, 1.165) is 25.0 Å². The van der Waals surface area contributed by atoms with Gasteiger partial charge in [0.15, 0.2) is 12.4 Å². The molecular weight excluding hydrogens is 1010 g/mol. The van der Waals surface area contributed by atoms with Crippen molar-refractivity contribution in [3.05, 3.63) is 59.7 Å². The summed E-state index contributed by atoms with van der Waals surface area (Å²) in [7, 11) is 6.34. The van der Waals surface area contributed by atoms with Crippen LogP contribution in [0.4, 0.5) is 0 Å². The molecule has 2 aromatic carbocycles. The maximum Gasteiger partial charge on any atom is 0.373 e. The number of Topliss-reactive ketones (excluding diaryl/α,β-unsaturated/α-hetero) is 2. The number of nitrogens with one attached hydrogen (secondary N) is 4. The second-order valence-corrected chi connectivity index (χ2v) is 17.4. The predicted molar refractivity (Wildman–Crippen MR) is 308 cm³/mol. The first-order chi connectivity index (χ1) is 37.4. The molecule has 13 N–H and O–H groups in total. The highest BCUT2D eigenvalue weighted by atomic mass is 16.5. The van der Waals surface area contributed by atoms with Gasteiger partial charge in [-0.1, -0.05) is 79.7 Å². The number of esters is 1. The van der Waals surface area contributed by atoms with E-state index in [4.69, 9.17) is 55.5 Å². The molecule has 0 bridgehead atoms. The van der Waals surface area contributed by atoms with Crippen LogP contribution in [0.1, 0.15) is 98.6 Å². The highest BCUT2D eigenvalue weighted by molar-refractivity contribution is 6.34. The van der Waals surface area contributed by atoms with Gasteiger partial charge in [-0.3, -0.25) is 24.0 Å². The van der Waals surface area contributed by atoms with Crippen molar-refractivity contribution >= 4 is 35.3 Å². The van der Waals surface area contributed by atoms with Crippen molar-refractivity contribution in [2.45, 2.75) is 118 Å². The Balaban J connectivity index is -0.000000467. The molecule has 2 amide bonds. The molecule has 2 rings (SSSR count). The summed E-state index contributed by atoms with van der Waals surface area (Å²) in [5.74, 6) is -0.603. The fourth-order valence-electron chi connectivity index (χ4n) is 6.01. The molecule has 0 saturated carbocycles. The summed E-state index contributed by atoms with van der Waals surface area (Å²) in [6.07, 6.45) is 4.75. The third-order valence-corrected chi connectivity index (χ3v) is 10.2. The topological polar surface area (TPSA) is 339 Å². The quantitative estimate of drug-likeness (QED) is 0.0265. The van der Waals surface area contributed by atoms with Crippen LogP contribution in [-0.4, -0.2) is 179 Å². The van der Waals surface area contributed by atoms with Gasteiger partial charge in [-0.05, 0) is 100 Å². The molecule has 0 spiro atoms. The first-order valence-corrected chi connectivity index (χ1v) is 27.2. The van der Waals surface area contributed by atoms with Crippen LogP contribution in [0.3, 0.4) is 0 Å². The number of amides is 2. The zero-order chi connectivity index (χ0) is 59.9. The molecule has 0 saturated heterocycles. The van der Waals surface area contributed by atoms with E-state index in [2.05, 4.69) is 40.8 Å². The average Bonchev–Trinajstić information content (AvgIpc) is 3.45. The maximum absolute atomic E-state index is 11.7. The van der Waals surface area contributed by atoms with Crippen LogP contribution in [0.5, 0.6) is 11.5 Å². The number of ketones is 2. The number of carboxylic acid groups (broad SMARTS) is 1. The first-order valence-electron chi connectivity index (χ1n) is 27.2. The third kappa shape index (κ3) is 48.0. The Labute approximate surface area is 467 Å². The molecule has 0 unspecified atom stereocenters. The lowest BCUT2D eigenvalue weighted by atomic mass is 10.0. The van der Waals surface area contributed by atoms with E-state index in [1.54, 1.807) is 14.1 Å². The van der Waals surface area contributed by atoms with E-state index in [0.29, 0.717) is 116 Å². The molecule has 0 heterocycles. The Morgan fingerprint density at radius 1 is 0.603 bits per heavy atom. The van der Waals surface area contributed by atoms with Gasteiger partial charge < -0.3 is 82.5 Å². The van der Waals surface area contributed by atoms with Gasteiger partial charge >= 0.3 is 11.9 Å². The van der Waals surface area contributed by atoms with Crippen molar-refractivity contribution in [1.82, 2.24) is 21.3 Å². The molecule has 3 atom stereocenters. The Hall–Kier alpha value is -5.14. The summed E-state index contributed by atoms with van der Waals surface area (Å²) in [4.78, 5) is 67.4. The van der Waals surface area contributed by atoms with Gasteiger partial charge in [-0.15, -0.1) is 0 Å². The maximum atomic E-state index is 11.7. The number of ether oxygens (including phenoxy) is 7. The molecule has 0 radical (unpaired) electrons. The summed E-state index contributed by atoms with van der Waals surface area (Å²) in [6, 6.07) is 14.1. The minimum Gasteiger partial charge on any atom is -0.486 e. The van der Waals surface area contributed by atoms with Gasteiger partial charge in [0, 0.05) is 46.1 Å². The van der Waals surface area contributed by atoms with Crippen molar-refractivity contribution < 1.29 is 67.0 Å². The molecule has 0 aromatic heterocycles. The number of aryl methyl sites for hydroxylation is 2. The van der Waals surface area contributed by atoms with Crippen molar-refractivity contribution in [2.24, 2.45) is 34.8 Å². The number of nitrogens with two attached hydrogens (primary N) is 4. The molecule has 78 heavy (non-hydrogen) atoms. The normalized spacial score (nSPS) is 11.4. The van der Waals surface area contributed by atoms with Crippen LogP contribution < -0.4 is 53.7 Å². The van der Waals surface area contributed by atoms with Gasteiger partial charge in [0.2, 0.25) is 5.91 Å². The highest BCUT2D eigenvalue weighted by Crippen LogP contribution is 2.14. The monoisotopic (exact) mass is 1110 g/mol. The summed E-state index contributed by atoms with van der Waals surface area (Å²) >= 11 is 0. The van der Waals surface area contributed by atoms with Crippen molar-refractivity contribution in [3.8, 4) is 11.5 Å². The molecular formula is C56H104N8O14. The second kappa shape index (κ2) is 56.6. The second-order valence-electron chi connectivity index (χ2n) is 17.4. The van der Waals surface area contributed by atoms with Crippen LogP contribution >= 0.6 is 0 Å². The summed E-state index contributed by atoms with van der Waals surface area (Å²) in [5, 5.41) is 19.2. The van der Waals surface area contributed by atoms with E-state index < -0.39 is 23.8 Å². The Kier molecular flexibility index (Phi) is 57.6. The molecule has 0 aliphatic rings. The van der Waals surface area contributed by atoms with Gasteiger partial charge in [0.1, 0.15) is 24.1 Å². The van der Waals surface area contributed by atoms with Gasteiger partial charge in [-0.25, -0.2) is 4.79 Å². The smallest absolute Gasteiger partial charge is 0.373 e. The summed E-state index contributed by atoms with van der Waals surface area (Å²) < 4.78 is 37.0. The lowest BCUT2D eigenvalue weighted by Gasteiger charge is -2.17. The van der Waals surface area contributed by atoms with Crippen LogP contribution in [0.25, 0.3) is 0 Å². The van der Waals surface area contributed by atoms with Gasteiger partial charge in [-0.2, -0.15) is 0 Å². The predicted octanol–water partition coefficient (Wildman–Crippen LogP) is 3.21. The Bertz CT molecular complexity index is 1680. The van der Waals surface area contributed by atoms with Crippen molar-refractivity contribution in [1.29, 1.82) is 0 Å². The van der Waals surface area contributed by atoms with Crippen LogP contribution in [-0.2, 0) is 65.3 Å². The number of hydrogen-bond acceptors (Lipinski definition) is 19. The van der Waals surface area contributed by atoms with E-state index >= 15 is 0 Å². The zero-order valence-electron chi connectivity index (χ0n) is 49.4. The molecule has 0 aliphatic heterocycles. The third-order valence-electron chi connectivity index (χ3n) is 10.2. The van der Waals surface area contributed by atoms with Gasteiger partial charge in [0.25, 0.3) is 11.7 Å². The van der Waals surface area contributed by atoms with E-state index in [-0.39, 0.29) is 49.4 Å². The molecule has 22 heteroatoms. The van der Waals surface area contributed by atoms with Crippen LogP contribution in [0.2, 0.25) is 0 Å². The average molecular weight is 1110 g/mol. The number of likely N-dealkylation sites (N-methyl/N-ethyl adjacent to an activating group) is 3. The number of hydrogen-bond donors (Lipinski definition) is 9. The molecule has 2 aromatic rings. The Morgan fingerprint density at radius 3 is 1.45 bits per heavy atom. The lowest BCUT2D eigenvalue weighted by Crippen LogP contribution is -2.41. The Morgan fingerprint density at radius 2 is 1.04 bits per heavy atom. The number of rotatable bonds is 38. The van der Waals surface area contributed by atoms with Crippen LogP contribution in [0.15, 0.2) is 48.5 Å². The van der Waals surface area contributed by atoms with E-state index in [1.165, 1.54) is 25.2 Å². The van der Waals surface area contributed by atoms with E-state index in [1.807, 2.05) is 90.1 Å². The zero-order valence-corrected chi connectivity index (χ0v) is 49.4. The summed E-state index contributed by atoms with van der Waals surface area (Å²) in [5.41, 5.74) is 23.2. The van der Waals surface area contributed by atoms with Crippen LogP contribution in [0, 0.1) is 11.8 Å². The lowest BCUT2D eigenvalue weighted by molar-refractivity contribution is -0.150. The molecule has 0 fully saturated rings. The fourth-order valence-corrected chi connectivity index (χ4v) is 6.01.